The number of carbonyl (C=O) groups is 1. The summed E-state index contributed by atoms with van der Waals surface area (Å²) in [5.41, 5.74) is 0. The lowest BCUT2D eigenvalue weighted by molar-refractivity contribution is -0.120. The molecule has 0 bridgehead atoms. The molecule has 1 aliphatic rings. The number of hydrogen-bond donors (Lipinski definition) is 0. The van der Waals surface area contributed by atoms with Gasteiger partial charge < -0.3 is 4.74 Å². The second-order valence-corrected chi connectivity index (χ2v) is 2.84. The second kappa shape index (κ2) is 3.87. The van der Waals surface area contributed by atoms with Gasteiger partial charge in [-0.2, -0.15) is 0 Å². The van der Waals surface area contributed by atoms with E-state index in [1.54, 1.807) is 24.4 Å². The van der Waals surface area contributed by atoms with Crippen LogP contribution in [0.1, 0.15) is 0 Å². The minimum atomic E-state index is -0.720. The molecule has 3 nitrogen and oxygen atoms in total. The summed E-state index contributed by atoms with van der Waals surface area (Å²) in [7, 11) is 0. The molecule has 3 heteroatoms. The molecular weight excluding hydrogens is 178 g/mol. The molecule has 14 heavy (non-hydrogen) atoms. The zero-order valence-electron chi connectivity index (χ0n) is 7.46. The van der Waals surface area contributed by atoms with Gasteiger partial charge in [0.1, 0.15) is 5.75 Å². The average molecular weight is 187 g/mol. The minimum Gasteiger partial charge on any atom is -0.461 e. The van der Waals surface area contributed by atoms with Gasteiger partial charge in [-0.1, -0.05) is 18.2 Å². The maximum atomic E-state index is 11.3. The van der Waals surface area contributed by atoms with Crippen LogP contribution in [0, 0.1) is 0 Å². The van der Waals surface area contributed by atoms with Gasteiger partial charge in [0, 0.05) is 6.21 Å². The normalized spacial score (nSPS) is 19.7. The molecule has 0 aliphatic carbocycles. The van der Waals surface area contributed by atoms with Crippen molar-refractivity contribution >= 4 is 12.0 Å². The zero-order chi connectivity index (χ0) is 9.80. The fourth-order valence-corrected chi connectivity index (χ4v) is 1.14. The number of rotatable bonds is 2. The maximum absolute atomic E-state index is 11.3. The first-order valence-electron chi connectivity index (χ1n) is 4.32. The molecular formula is C11H9NO2. The van der Waals surface area contributed by atoms with Crippen LogP contribution in [0.15, 0.2) is 47.5 Å². The molecule has 1 atom stereocenters. The van der Waals surface area contributed by atoms with Gasteiger partial charge in [-0.15, -0.1) is 0 Å². The summed E-state index contributed by atoms with van der Waals surface area (Å²) in [6, 6.07) is 9.17. The van der Waals surface area contributed by atoms with Crippen molar-refractivity contribution < 1.29 is 9.53 Å². The molecule has 1 aromatic rings. The highest BCUT2D eigenvalue weighted by atomic mass is 16.5. The van der Waals surface area contributed by atoms with E-state index in [-0.39, 0.29) is 5.78 Å². The average Bonchev–Trinajstić information content (AvgIpc) is 2.23. The van der Waals surface area contributed by atoms with Gasteiger partial charge in [-0.05, 0) is 24.3 Å². The van der Waals surface area contributed by atoms with Crippen molar-refractivity contribution in [2.45, 2.75) is 6.23 Å². The number of ketones is 1. The molecule has 0 N–H and O–H groups in total. The number of dihydropyridines is 1. The van der Waals surface area contributed by atoms with Crippen LogP contribution >= 0.6 is 0 Å². The number of para-hydroxylation sites is 1. The Bertz CT molecular complexity index is 382. The summed E-state index contributed by atoms with van der Waals surface area (Å²) >= 11 is 0. The summed E-state index contributed by atoms with van der Waals surface area (Å²) < 4.78 is 5.37. The smallest absolute Gasteiger partial charge is 0.252 e. The molecule has 1 unspecified atom stereocenters. The number of benzene rings is 1. The molecule has 0 saturated heterocycles. The SMILES string of the molecule is O=C1C=CC=NC1Oc1ccccc1. The number of ether oxygens (including phenoxy) is 1. The Kier molecular flexibility index (Phi) is 2.40. The standard InChI is InChI=1S/C11H9NO2/c13-10-7-4-8-12-11(10)14-9-5-2-1-3-6-9/h1-8,11H. The van der Waals surface area contributed by atoms with Crippen LogP contribution in [-0.2, 0) is 4.79 Å². The molecule has 70 valence electrons. The van der Waals surface area contributed by atoms with Crippen molar-refractivity contribution in [1.82, 2.24) is 0 Å². The number of allylic oxidation sites excluding steroid dienone is 1. The first-order chi connectivity index (χ1) is 6.86. The minimum absolute atomic E-state index is 0.128. The molecule has 1 aromatic carbocycles. The van der Waals surface area contributed by atoms with E-state index in [4.69, 9.17) is 4.74 Å². The first kappa shape index (κ1) is 8.69. The molecule has 0 fully saturated rings. The van der Waals surface area contributed by atoms with Crippen molar-refractivity contribution in [3.8, 4) is 5.75 Å². The third-order valence-electron chi connectivity index (χ3n) is 1.80. The number of carbonyl (C=O) groups excluding carboxylic acids is 1. The lowest BCUT2D eigenvalue weighted by Gasteiger charge is -2.13. The lowest BCUT2D eigenvalue weighted by Crippen LogP contribution is -2.25. The van der Waals surface area contributed by atoms with Crippen molar-refractivity contribution in [2.75, 3.05) is 0 Å². The molecule has 0 spiro atoms. The van der Waals surface area contributed by atoms with Gasteiger partial charge >= 0.3 is 0 Å². The van der Waals surface area contributed by atoms with E-state index in [1.807, 2.05) is 18.2 Å². The van der Waals surface area contributed by atoms with Gasteiger partial charge in [-0.3, -0.25) is 4.79 Å². The fourth-order valence-electron chi connectivity index (χ4n) is 1.14. The number of hydrogen-bond acceptors (Lipinski definition) is 3. The molecule has 1 heterocycles. The van der Waals surface area contributed by atoms with Gasteiger partial charge in [0.25, 0.3) is 6.23 Å². The first-order valence-corrected chi connectivity index (χ1v) is 4.32. The predicted molar refractivity (Wildman–Crippen MR) is 53.5 cm³/mol. The van der Waals surface area contributed by atoms with Gasteiger partial charge in [0.15, 0.2) is 0 Å². The third-order valence-corrected chi connectivity index (χ3v) is 1.80. The van der Waals surface area contributed by atoms with E-state index in [0.717, 1.165) is 0 Å². The Morgan fingerprint density at radius 2 is 2.00 bits per heavy atom. The van der Waals surface area contributed by atoms with Gasteiger partial charge in [0.2, 0.25) is 5.78 Å². The summed E-state index contributed by atoms with van der Waals surface area (Å²) in [4.78, 5) is 15.2. The summed E-state index contributed by atoms with van der Waals surface area (Å²) in [5, 5.41) is 0. The molecule has 0 saturated carbocycles. The maximum Gasteiger partial charge on any atom is 0.252 e. The van der Waals surface area contributed by atoms with Crippen molar-refractivity contribution in [1.29, 1.82) is 0 Å². The number of nitrogens with zero attached hydrogens (tertiary/aromatic N) is 1. The Labute approximate surface area is 81.7 Å². The summed E-state index contributed by atoms with van der Waals surface area (Å²) in [6.07, 6.45) is 3.91. The Hall–Kier alpha value is -1.90. The van der Waals surface area contributed by atoms with E-state index < -0.39 is 6.23 Å². The quantitative estimate of drug-likeness (QED) is 0.705. The summed E-state index contributed by atoms with van der Waals surface area (Å²) in [6.45, 7) is 0. The van der Waals surface area contributed by atoms with E-state index in [1.165, 1.54) is 6.08 Å². The molecule has 0 amide bonds. The molecule has 0 radical (unpaired) electrons. The highest BCUT2D eigenvalue weighted by Gasteiger charge is 2.17. The fraction of sp³-hybridized carbons (Fsp3) is 0.0909. The zero-order valence-corrected chi connectivity index (χ0v) is 7.46. The summed E-state index contributed by atoms with van der Waals surface area (Å²) in [5.74, 6) is 0.523. The van der Waals surface area contributed by atoms with Crippen LogP contribution < -0.4 is 4.74 Å². The Morgan fingerprint density at radius 1 is 1.21 bits per heavy atom. The van der Waals surface area contributed by atoms with E-state index in [9.17, 15) is 4.79 Å². The van der Waals surface area contributed by atoms with E-state index in [2.05, 4.69) is 4.99 Å². The highest BCUT2D eigenvalue weighted by molar-refractivity contribution is 6.00. The van der Waals surface area contributed by atoms with Crippen LogP contribution in [0.3, 0.4) is 0 Å². The Morgan fingerprint density at radius 3 is 2.71 bits per heavy atom. The third kappa shape index (κ3) is 1.88. The molecule has 1 aliphatic heterocycles. The molecule has 2 rings (SSSR count). The number of aliphatic imine (C=N–C) groups is 1. The van der Waals surface area contributed by atoms with Gasteiger partial charge in [-0.25, -0.2) is 4.99 Å². The topological polar surface area (TPSA) is 38.7 Å². The van der Waals surface area contributed by atoms with Crippen LogP contribution in [0.5, 0.6) is 5.75 Å². The lowest BCUT2D eigenvalue weighted by atomic mass is 10.2. The van der Waals surface area contributed by atoms with Gasteiger partial charge in [0.05, 0.1) is 0 Å². The van der Waals surface area contributed by atoms with Crippen molar-refractivity contribution in [2.24, 2.45) is 4.99 Å². The highest BCUT2D eigenvalue weighted by Crippen LogP contribution is 2.13. The van der Waals surface area contributed by atoms with Crippen LogP contribution in [0.25, 0.3) is 0 Å². The van der Waals surface area contributed by atoms with Crippen LogP contribution in [0.4, 0.5) is 0 Å². The molecule has 0 aromatic heterocycles. The van der Waals surface area contributed by atoms with E-state index in [0.29, 0.717) is 5.75 Å². The Balaban J connectivity index is 2.09. The van der Waals surface area contributed by atoms with E-state index >= 15 is 0 Å². The second-order valence-electron chi connectivity index (χ2n) is 2.84. The predicted octanol–water partition coefficient (Wildman–Crippen LogP) is 1.60. The van der Waals surface area contributed by atoms with Crippen LogP contribution in [0.2, 0.25) is 0 Å². The van der Waals surface area contributed by atoms with Crippen molar-refractivity contribution in [3.05, 3.63) is 42.5 Å². The largest absolute Gasteiger partial charge is 0.461 e. The van der Waals surface area contributed by atoms with Crippen LogP contribution in [-0.4, -0.2) is 18.2 Å². The monoisotopic (exact) mass is 187 g/mol. The van der Waals surface area contributed by atoms with Crippen molar-refractivity contribution in [3.63, 3.8) is 0 Å².